The second kappa shape index (κ2) is 12.2. The fraction of sp³-hybridized carbons (Fsp3) is 0.231. The first-order chi connectivity index (χ1) is 15.7. The standard InChI is InChI=1S/C26H29N3O3/c1-29(23-8-4-2-5-9-23)26(30)22-12-16-25(17-13-22)32-19-7-3-6-18-31-24-14-10-21(11-15-24)20-28-27/h2,4-5,8-17,20H,3,6-7,18-19,27H2,1H3. The maximum absolute atomic E-state index is 12.6. The highest BCUT2D eigenvalue weighted by atomic mass is 16.5. The van der Waals surface area contributed by atoms with Crippen LogP contribution in [-0.4, -0.2) is 32.4 Å². The molecule has 166 valence electrons. The van der Waals surface area contributed by atoms with Crippen molar-refractivity contribution in [1.82, 2.24) is 0 Å². The first-order valence-electron chi connectivity index (χ1n) is 10.7. The molecule has 3 aromatic rings. The fourth-order valence-corrected chi connectivity index (χ4v) is 3.15. The van der Waals surface area contributed by atoms with Crippen LogP contribution < -0.4 is 20.2 Å². The molecule has 0 aromatic heterocycles. The summed E-state index contributed by atoms with van der Waals surface area (Å²) in [7, 11) is 1.78. The Morgan fingerprint density at radius 3 is 1.97 bits per heavy atom. The topological polar surface area (TPSA) is 77.2 Å². The van der Waals surface area contributed by atoms with Gasteiger partial charge in [-0.25, -0.2) is 0 Å². The van der Waals surface area contributed by atoms with Crippen molar-refractivity contribution >= 4 is 17.8 Å². The number of nitrogens with zero attached hydrogens (tertiary/aromatic N) is 2. The highest BCUT2D eigenvalue weighted by Gasteiger charge is 2.13. The van der Waals surface area contributed by atoms with Crippen LogP contribution in [0.4, 0.5) is 5.69 Å². The van der Waals surface area contributed by atoms with E-state index < -0.39 is 0 Å². The molecule has 0 heterocycles. The molecule has 0 bridgehead atoms. The van der Waals surface area contributed by atoms with Crippen LogP contribution in [0.25, 0.3) is 0 Å². The van der Waals surface area contributed by atoms with Crippen molar-refractivity contribution < 1.29 is 14.3 Å². The van der Waals surface area contributed by atoms with Crippen LogP contribution in [0.3, 0.4) is 0 Å². The molecule has 0 spiro atoms. The molecule has 32 heavy (non-hydrogen) atoms. The van der Waals surface area contributed by atoms with Gasteiger partial charge >= 0.3 is 0 Å². The van der Waals surface area contributed by atoms with Gasteiger partial charge in [-0.3, -0.25) is 4.79 Å². The number of hydrogen-bond donors (Lipinski definition) is 1. The van der Waals surface area contributed by atoms with E-state index in [0.29, 0.717) is 18.8 Å². The summed E-state index contributed by atoms with van der Waals surface area (Å²) in [5.41, 5.74) is 2.43. The molecule has 0 fully saturated rings. The van der Waals surface area contributed by atoms with Gasteiger partial charge in [-0.05, 0) is 85.5 Å². The quantitative estimate of drug-likeness (QED) is 0.203. The Morgan fingerprint density at radius 2 is 1.41 bits per heavy atom. The molecule has 0 saturated heterocycles. The Hall–Kier alpha value is -3.80. The zero-order chi connectivity index (χ0) is 22.6. The molecule has 0 aliphatic rings. The third-order valence-corrected chi connectivity index (χ3v) is 4.98. The van der Waals surface area contributed by atoms with E-state index in [9.17, 15) is 4.79 Å². The largest absolute Gasteiger partial charge is 0.494 e. The number of nitrogens with two attached hydrogens (primary N) is 1. The summed E-state index contributed by atoms with van der Waals surface area (Å²) in [5.74, 6) is 6.69. The predicted octanol–water partition coefficient (Wildman–Crippen LogP) is 4.88. The lowest BCUT2D eigenvalue weighted by Crippen LogP contribution is -2.25. The zero-order valence-electron chi connectivity index (χ0n) is 18.3. The average Bonchev–Trinajstić information content (AvgIpc) is 2.84. The first-order valence-corrected chi connectivity index (χ1v) is 10.7. The number of para-hydroxylation sites is 1. The minimum atomic E-state index is -0.0510. The first kappa shape index (κ1) is 22.9. The van der Waals surface area contributed by atoms with Crippen molar-refractivity contribution in [2.45, 2.75) is 19.3 Å². The average molecular weight is 432 g/mol. The number of rotatable bonds is 11. The molecule has 1 amide bonds. The van der Waals surface area contributed by atoms with Crippen molar-refractivity contribution in [3.63, 3.8) is 0 Å². The number of hydrogen-bond acceptors (Lipinski definition) is 5. The number of benzene rings is 3. The van der Waals surface area contributed by atoms with E-state index in [2.05, 4.69) is 5.10 Å². The van der Waals surface area contributed by atoms with Crippen LogP contribution in [0.2, 0.25) is 0 Å². The van der Waals surface area contributed by atoms with Gasteiger partial charge in [0.2, 0.25) is 0 Å². The third kappa shape index (κ3) is 6.87. The van der Waals surface area contributed by atoms with E-state index in [1.165, 1.54) is 0 Å². The molecule has 6 nitrogen and oxygen atoms in total. The summed E-state index contributed by atoms with van der Waals surface area (Å²) in [4.78, 5) is 14.3. The van der Waals surface area contributed by atoms with Gasteiger partial charge in [0.05, 0.1) is 19.4 Å². The molecule has 0 aliphatic heterocycles. The van der Waals surface area contributed by atoms with Gasteiger partial charge in [0.15, 0.2) is 0 Å². The van der Waals surface area contributed by atoms with Crippen molar-refractivity contribution in [3.8, 4) is 11.5 Å². The molecule has 0 radical (unpaired) electrons. The molecular weight excluding hydrogens is 402 g/mol. The van der Waals surface area contributed by atoms with Crippen LogP contribution in [0.1, 0.15) is 35.2 Å². The van der Waals surface area contributed by atoms with Gasteiger partial charge in [0.1, 0.15) is 11.5 Å². The smallest absolute Gasteiger partial charge is 0.258 e. The van der Waals surface area contributed by atoms with Gasteiger partial charge in [-0.15, -0.1) is 0 Å². The molecule has 2 N–H and O–H groups in total. The van der Waals surface area contributed by atoms with Crippen LogP contribution in [0, 0.1) is 0 Å². The van der Waals surface area contributed by atoms with Gasteiger partial charge in [-0.2, -0.15) is 5.10 Å². The lowest BCUT2D eigenvalue weighted by Gasteiger charge is -2.17. The van der Waals surface area contributed by atoms with E-state index in [-0.39, 0.29) is 5.91 Å². The monoisotopic (exact) mass is 431 g/mol. The Morgan fingerprint density at radius 1 is 0.844 bits per heavy atom. The number of carbonyl (C=O) groups excluding carboxylic acids is 1. The highest BCUT2D eigenvalue weighted by Crippen LogP contribution is 2.18. The number of carbonyl (C=O) groups is 1. The lowest BCUT2D eigenvalue weighted by atomic mass is 10.2. The normalized spacial score (nSPS) is 10.8. The minimum Gasteiger partial charge on any atom is -0.494 e. The summed E-state index contributed by atoms with van der Waals surface area (Å²) in [6, 6.07) is 24.5. The van der Waals surface area contributed by atoms with Gasteiger partial charge < -0.3 is 20.2 Å². The van der Waals surface area contributed by atoms with Gasteiger partial charge in [0, 0.05) is 18.3 Å². The predicted molar refractivity (Wildman–Crippen MR) is 129 cm³/mol. The summed E-state index contributed by atoms with van der Waals surface area (Å²) in [6.07, 6.45) is 4.50. The fourth-order valence-electron chi connectivity index (χ4n) is 3.15. The number of amides is 1. The maximum atomic E-state index is 12.6. The van der Waals surface area contributed by atoms with Crippen LogP contribution in [0.15, 0.2) is 84.0 Å². The summed E-state index contributed by atoms with van der Waals surface area (Å²) in [5, 5.41) is 3.50. The van der Waals surface area contributed by atoms with Crippen LogP contribution in [0.5, 0.6) is 11.5 Å². The van der Waals surface area contributed by atoms with E-state index in [1.54, 1.807) is 30.3 Å². The SMILES string of the molecule is CN(C(=O)c1ccc(OCCCCCOc2ccc(C=NN)cc2)cc1)c1ccccc1. The van der Waals surface area contributed by atoms with Crippen molar-refractivity contribution in [3.05, 3.63) is 90.0 Å². The van der Waals surface area contributed by atoms with E-state index in [1.807, 2.05) is 66.7 Å². The molecule has 3 rings (SSSR count). The van der Waals surface area contributed by atoms with E-state index in [4.69, 9.17) is 15.3 Å². The van der Waals surface area contributed by atoms with Gasteiger partial charge in [-0.1, -0.05) is 18.2 Å². The van der Waals surface area contributed by atoms with Gasteiger partial charge in [0.25, 0.3) is 5.91 Å². The molecule has 0 atom stereocenters. The summed E-state index contributed by atoms with van der Waals surface area (Å²) < 4.78 is 11.5. The van der Waals surface area contributed by atoms with Crippen molar-refractivity contribution in [2.24, 2.45) is 10.9 Å². The Kier molecular flexibility index (Phi) is 8.69. The second-order valence-electron chi connectivity index (χ2n) is 7.33. The van der Waals surface area contributed by atoms with Crippen molar-refractivity contribution in [2.75, 3.05) is 25.2 Å². The summed E-state index contributed by atoms with van der Waals surface area (Å²) in [6.45, 7) is 1.29. The maximum Gasteiger partial charge on any atom is 0.258 e. The number of ether oxygens (including phenoxy) is 2. The third-order valence-electron chi connectivity index (χ3n) is 4.98. The Labute approximate surface area is 189 Å². The molecule has 0 unspecified atom stereocenters. The number of unbranched alkanes of at least 4 members (excludes halogenated alkanes) is 2. The summed E-state index contributed by atoms with van der Waals surface area (Å²) >= 11 is 0. The lowest BCUT2D eigenvalue weighted by molar-refractivity contribution is 0.0993. The van der Waals surface area contributed by atoms with Crippen LogP contribution in [-0.2, 0) is 0 Å². The minimum absolute atomic E-state index is 0.0510. The zero-order valence-corrected chi connectivity index (χ0v) is 18.3. The Bertz CT molecular complexity index is 987. The highest BCUT2D eigenvalue weighted by molar-refractivity contribution is 6.05. The molecule has 3 aromatic carbocycles. The molecular formula is C26H29N3O3. The van der Waals surface area contributed by atoms with Crippen molar-refractivity contribution in [1.29, 1.82) is 0 Å². The second-order valence-corrected chi connectivity index (χ2v) is 7.33. The Balaban J connectivity index is 1.33. The van der Waals surface area contributed by atoms with E-state index in [0.717, 1.165) is 42.0 Å². The van der Waals surface area contributed by atoms with Crippen LogP contribution >= 0.6 is 0 Å². The molecule has 0 aliphatic carbocycles. The number of hydrazone groups is 1. The van der Waals surface area contributed by atoms with E-state index >= 15 is 0 Å². The number of anilines is 1. The molecule has 0 saturated carbocycles. The molecule has 6 heteroatoms.